The maximum absolute atomic E-state index is 9.51. The number of aliphatic hydroxyl groups excluding tert-OH is 1. The molecule has 0 spiro atoms. The Kier molecular flexibility index (Phi) is 4.58. The van der Waals surface area contributed by atoms with Gasteiger partial charge in [-0.2, -0.15) is 4.98 Å². The Morgan fingerprint density at radius 3 is 2.84 bits per heavy atom. The van der Waals surface area contributed by atoms with Gasteiger partial charge in [0.1, 0.15) is 0 Å². The third kappa shape index (κ3) is 4.35. The predicted molar refractivity (Wildman–Crippen MR) is 74.4 cm³/mol. The second-order valence-electron chi connectivity index (χ2n) is 5.55. The lowest BCUT2D eigenvalue weighted by atomic mass is 10.1. The molecule has 2 N–H and O–H groups in total. The largest absolute Gasteiger partial charge is 0.475 e. The van der Waals surface area contributed by atoms with Gasteiger partial charge in [0, 0.05) is 18.3 Å². The third-order valence-electron chi connectivity index (χ3n) is 3.25. The number of anilines is 1. The van der Waals surface area contributed by atoms with Crippen molar-refractivity contribution in [2.24, 2.45) is 5.92 Å². The van der Waals surface area contributed by atoms with Gasteiger partial charge in [-0.15, -0.1) is 0 Å². The molecule has 0 aliphatic heterocycles. The number of hydrogen-bond donors (Lipinski definition) is 2. The zero-order valence-electron chi connectivity index (χ0n) is 11.9. The van der Waals surface area contributed by atoms with Crippen molar-refractivity contribution in [3.8, 4) is 5.88 Å². The summed E-state index contributed by atoms with van der Waals surface area (Å²) in [5.74, 6) is 1.72. The van der Waals surface area contributed by atoms with E-state index in [1.165, 1.54) is 0 Å². The van der Waals surface area contributed by atoms with E-state index in [-0.39, 0.29) is 12.2 Å². The van der Waals surface area contributed by atoms with Crippen LogP contribution in [0.3, 0.4) is 0 Å². The lowest BCUT2D eigenvalue weighted by Gasteiger charge is -2.13. The summed E-state index contributed by atoms with van der Waals surface area (Å²) in [4.78, 5) is 8.70. The first kappa shape index (κ1) is 14.1. The van der Waals surface area contributed by atoms with E-state index in [9.17, 15) is 5.11 Å². The summed E-state index contributed by atoms with van der Waals surface area (Å²) in [7, 11) is 0. The molecule has 2 atom stereocenters. The maximum atomic E-state index is 9.51. The number of aliphatic hydroxyl groups is 1. The Balaban J connectivity index is 1.94. The van der Waals surface area contributed by atoms with Gasteiger partial charge in [0.15, 0.2) is 0 Å². The fourth-order valence-corrected chi connectivity index (χ4v) is 2.39. The zero-order valence-corrected chi connectivity index (χ0v) is 11.9. The molecule has 5 heteroatoms. The summed E-state index contributed by atoms with van der Waals surface area (Å²) < 4.78 is 5.59. The highest BCUT2D eigenvalue weighted by atomic mass is 16.5. The van der Waals surface area contributed by atoms with Crippen molar-refractivity contribution in [1.29, 1.82) is 0 Å². The van der Waals surface area contributed by atoms with Crippen LogP contribution in [-0.2, 0) is 0 Å². The average Bonchev–Trinajstić information content (AvgIpc) is 2.71. The van der Waals surface area contributed by atoms with Crippen molar-refractivity contribution in [3.63, 3.8) is 0 Å². The first-order chi connectivity index (χ1) is 9.02. The lowest BCUT2D eigenvalue weighted by Crippen LogP contribution is -2.15. The molecule has 0 radical (unpaired) electrons. The van der Waals surface area contributed by atoms with E-state index < -0.39 is 0 Å². The van der Waals surface area contributed by atoms with Gasteiger partial charge < -0.3 is 15.2 Å². The van der Waals surface area contributed by atoms with Crippen LogP contribution < -0.4 is 10.1 Å². The van der Waals surface area contributed by atoms with Crippen molar-refractivity contribution in [2.75, 3.05) is 11.9 Å². The highest BCUT2D eigenvalue weighted by Gasteiger charge is 2.22. The van der Waals surface area contributed by atoms with Gasteiger partial charge in [-0.25, -0.2) is 4.98 Å². The summed E-state index contributed by atoms with van der Waals surface area (Å²) in [5, 5.41) is 12.8. The summed E-state index contributed by atoms with van der Waals surface area (Å²) in [5.41, 5.74) is 0.889. The molecule has 2 rings (SSSR count). The van der Waals surface area contributed by atoms with E-state index in [2.05, 4.69) is 15.3 Å². The molecule has 0 amide bonds. The third-order valence-corrected chi connectivity index (χ3v) is 3.25. The molecule has 1 fully saturated rings. The van der Waals surface area contributed by atoms with Crippen LogP contribution in [0, 0.1) is 12.8 Å². The van der Waals surface area contributed by atoms with Crippen molar-refractivity contribution in [1.82, 2.24) is 9.97 Å². The quantitative estimate of drug-likeness (QED) is 0.854. The standard InChI is InChI=1S/C14H23N3O2/c1-9(2)19-13-6-10(3)16-14(17-13)15-8-11-4-5-12(18)7-11/h6,9,11-12,18H,4-5,7-8H2,1-3H3,(H,15,16,17). The van der Waals surface area contributed by atoms with E-state index in [0.717, 1.165) is 31.5 Å². The Morgan fingerprint density at radius 2 is 2.21 bits per heavy atom. The summed E-state index contributed by atoms with van der Waals surface area (Å²) in [6, 6.07) is 1.84. The van der Waals surface area contributed by atoms with Crippen molar-refractivity contribution >= 4 is 5.95 Å². The second kappa shape index (κ2) is 6.19. The molecular weight excluding hydrogens is 242 g/mol. The monoisotopic (exact) mass is 265 g/mol. The number of rotatable bonds is 5. The summed E-state index contributed by atoms with van der Waals surface area (Å²) >= 11 is 0. The van der Waals surface area contributed by atoms with Crippen LogP contribution in [0.5, 0.6) is 5.88 Å². The number of hydrogen-bond acceptors (Lipinski definition) is 5. The fourth-order valence-electron chi connectivity index (χ4n) is 2.39. The fraction of sp³-hybridized carbons (Fsp3) is 0.714. The van der Waals surface area contributed by atoms with Crippen molar-refractivity contribution in [3.05, 3.63) is 11.8 Å². The molecule has 1 aromatic heterocycles. The van der Waals surface area contributed by atoms with E-state index >= 15 is 0 Å². The van der Waals surface area contributed by atoms with Crippen LogP contribution in [0.2, 0.25) is 0 Å². The van der Waals surface area contributed by atoms with E-state index in [4.69, 9.17) is 4.74 Å². The molecule has 1 saturated carbocycles. The molecule has 2 unspecified atom stereocenters. The Hall–Kier alpha value is -1.36. The van der Waals surface area contributed by atoms with Gasteiger partial charge in [0.2, 0.25) is 11.8 Å². The predicted octanol–water partition coefficient (Wildman–Crippen LogP) is 2.15. The van der Waals surface area contributed by atoms with Crippen molar-refractivity contribution in [2.45, 2.75) is 52.2 Å². The number of nitrogens with one attached hydrogen (secondary N) is 1. The van der Waals surface area contributed by atoms with Gasteiger partial charge in [-0.05, 0) is 46.0 Å². The molecule has 106 valence electrons. The number of nitrogens with zero attached hydrogens (tertiary/aromatic N) is 2. The molecule has 5 nitrogen and oxygen atoms in total. The maximum Gasteiger partial charge on any atom is 0.226 e. The minimum Gasteiger partial charge on any atom is -0.475 e. The minimum absolute atomic E-state index is 0.104. The zero-order chi connectivity index (χ0) is 13.8. The number of aromatic nitrogens is 2. The topological polar surface area (TPSA) is 67.3 Å². The van der Waals surface area contributed by atoms with Gasteiger partial charge in [0.25, 0.3) is 0 Å². The Bertz CT molecular complexity index is 423. The molecule has 0 aromatic carbocycles. The van der Waals surface area contributed by atoms with E-state index in [1.54, 1.807) is 0 Å². The van der Waals surface area contributed by atoms with Crippen LogP contribution in [-0.4, -0.2) is 33.8 Å². The molecule has 1 aliphatic carbocycles. The average molecular weight is 265 g/mol. The van der Waals surface area contributed by atoms with Crippen LogP contribution in [0.25, 0.3) is 0 Å². The van der Waals surface area contributed by atoms with Crippen molar-refractivity contribution < 1.29 is 9.84 Å². The molecule has 19 heavy (non-hydrogen) atoms. The minimum atomic E-state index is -0.134. The molecular formula is C14H23N3O2. The van der Waals surface area contributed by atoms with Gasteiger partial charge >= 0.3 is 0 Å². The summed E-state index contributed by atoms with van der Waals surface area (Å²) in [6.07, 6.45) is 2.81. The Labute approximate surface area is 114 Å². The smallest absolute Gasteiger partial charge is 0.226 e. The summed E-state index contributed by atoms with van der Waals surface area (Å²) in [6.45, 7) is 6.69. The Morgan fingerprint density at radius 1 is 1.42 bits per heavy atom. The SMILES string of the molecule is Cc1cc(OC(C)C)nc(NCC2CCC(O)C2)n1. The van der Waals surface area contributed by atoms with Crippen LogP contribution in [0.15, 0.2) is 6.07 Å². The van der Waals surface area contributed by atoms with E-state index in [0.29, 0.717) is 17.7 Å². The number of aryl methyl sites for hydroxylation is 1. The normalized spacial score (nSPS) is 22.8. The van der Waals surface area contributed by atoms with Crippen LogP contribution >= 0.6 is 0 Å². The van der Waals surface area contributed by atoms with E-state index in [1.807, 2.05) is 26.8 Å². The van der Waals surface area contributed by atoms with Crippen LogP contribution in [0.1, 0.15) is 38.8 Å². The van der Waals surface area contributed by atoms with Gasteiger partial charge in [-0.1, -0.05) is 0 Å². The van der Waals surface area contributed by atoms with Gasteiger partial charge in [-0.3, -0.25) is 0 Å². The molecule has 1 heterocycles. The lowest BCUT2D eigenvalue weighted by molar-refractivity contribution is 0.178. The number of ether oxygens (including phenoxy) is 1. The highest BCUT2D eigenvalue weighted by molar-refractivity contribution is 5.30. The first-order valence-electron chi connectivity index (χ1n) is 6.97. The molecule has 1 aliphatic rings. The highest BCUT2D eigenvalue weighted by Crippen LogP contribution is 2.25. The molecule has 0 saturated heterocycles. The first-order valence-corrected chi connectivity index (χ1v) is 6.97. The molecule has 0 bridgehead atoms. The van der Waals surface area contributed by atoms with Crippen LogP contribution in [0.4, 0.5) is 5.95 Å². The second-order valence-corrected chi connectivity index (χ2v) is 5.55. The van der Waals surface area contributed by atoms with Gasteiger partial charge in [0.05, 0.1) is 12.2 Å². The molecule has 1 aromatic rings.